The molecular weight excluding hydrogens is 362 g/mol. The maximum atomic E-state index is 13.0. The number of nitrogens with zero attached hydrogens (tertiary/aromatic N) is 5. The van der Waals surface area contributed by atoms with Gasteiger partial charge in [-0.1, -0.05) is 29.8 Å². The fourth-order valence-electron chi connectivity index (χ4n) is 3.57. The van der Waals surface area contributed by atoms with E-state index in [0.29, 0.717) is 24.3 Å². The van der Waals surface area contributed by atoms with Crippen LogP contribution in [0, 0.1) is 13.8 Å². The molecule has 0 spiro atoms. The van der Waals surface area contributed by atoms with E-state index in [2.05, 4.69) is 21.0 Å². The highest BCUT2D eigenvalue weighted by atomic mass is 35.5. The third-order valence-corrected chi connectivity index (χ3v) is 5.39. The molecule has 1 aromatic carbocycles. The Kier molecular flexibility index (Phi) is 4.85. The van der Waals surface area contributed by atoms with Crippen LogP contribution < -0.4 is 0 Å². The van der Waals surface area contributed by atoms with Crippen molar-refractivity contribution in [1.82, 2.24) is 24.4 Å². The molecular formula is C20H22ClN5O. The second-order valence-corrected chi connectivity index (χ2v) is 7.40. The molecule has 7 heteroatoms. The summed E-state index contributed by atoms with van der Waals surface area (Å²) in [6.45, 7) is 7.72. The Bertz CT molecular complexity index is 991. The number of halogens is 1. The first kappa shape index (κ1) is 17.9. The van der Waals surface area contributed by atoms with Gasteiger partial charge >= 0.3 is 0 Å². The van der Waals surface area contributed by atoms with E-state index in [1.165, 1.54) is 0 Å². The lowest BCUT2D eigenvalue weighted by molar-refractivity contribution is 0.0630. The summed E-state index contributed by atoms with van der Waals surface area (Å²) < 4.78 is 1.73. The van der Waals surface area contributed by atoms with Gasteiger partial charge in [0.1, 0.15) is 5.56 Å². The van der Waals surface area contributed by atoms with Gasteiger partial charge in [-0.05, 0) is 31.5 Å². The summed E-state index contributed by atoms with van der Waals surface area (Å²) >= 11 is 6.26. The van der Waals surface area contributed by atoms with Gasteiger partial charge in [-0.15, -0.1) is 0 Å². The average Bonchev–Trinajstić information content (AvgIpc) is 3.08. The van der Waals surface area contributed by atoms with Gasteiger partial charge < -0.3 is 4.90 Å². The van der Waals surface area contributed by atoms with E-state index >= 15 is 0 Å². The second kappa shape index (κ2) is 7.29. The Hall–Kier alpha value is -2.44. The molecule has 0 unspecified atom stereocenters. The van der Waals surface area contributed by atoms with Gasteiger partial charge in [-0.2, -0.15) is 5.10 Å². The number of hydrogen-bond acceptors (Lipinski definition) is 4. The zero-order valence-corrected chi connectivity index (χ0v) is 16.3. The first-order valence-corrected chi connectivity index (χ1v) is 9.48. The molecule has 2 aromatic heterocycles. The van der Waals surface area contributed by atoms with Crippen LogP contribution in [0.1, 0.15) is 27.3 Å². The minimum absolute atomic E-state index is 0.0000986. The first-order valence-electron chi connectivity index (χ1n) is 9.10. The van der Waals surface area contributed by atoms with Gasteiger partial charge in [-0.25, -0.2) is 9.50 Å². The van der Waals surface area contributed by atoms with E-state index in [9.17, 15) is 4.79 Å². The van der Waals surface area contributed by atoms with Gasteiger partial charge in [0.2, 0.25) is 0 Å². The highest BCUT2D eigenvalue weighted by Crippen LogP contribution is 2.19. The van der Waals surface area contributed by atoms with Crippen LogP contribution in [0.25, 0.3) is 5.65 Å². The molecule has 3 heterocycles. The molecule has 0 bridgehead atoms. The number of carbonyl (C=O) groups is 1. The number of amides is 1. The molecule has 140 valence electrons. The average molecular weight is 384 g/mol. The van der Waals surface area contributed by atoms with Gasteiger partial charge in [-0.3, -0.25) is 9.69 Å². The van der Waals surface area contributed by atoms with Gasteiger partial charge in [0.25, 0.3) is 5.91 Å². The van der Waals surface area contributed by atoms with Crippen molar-refractivity contribution in [3.8, 4) is 0 Å². The molecule has 27 heavy (non-hydrogen) atoms. The molecule has 0 atom stereocenters. The molecule has 0 aliphatic carbocycles. The Morgan fingerprint density at radius 1 is 1.15 bits per heavy atom. The molecule has 1 aliphatic heterocycles. The van der Waals surface area contributed by atoms with E-state index in [0.717, 1.165) is 41.6 Å². The lowest BCUT2D eigenvalue weighted by atomic mass is 10.2. The Morgan fingerprint density at radius 2 is 1.89 bits per heavy atom. The monoisotopic (exact) mass is 383 g/mol. The van der Waals surface area contributed by atoms with Crippen LogP contribution in [0.4, 0.5) is 0 Å². The summed E-state index contributed by atoms with van der Waals surface area (Å²) in [5.41, 5.74) is 4.19. The molecule has 0 saturated carbocycles. The maximum absolute atomic E-state index is 13.0. The number of benzene rings is 1. The third kappa shape index (κ3) is 3.55. The van der Waals surface area contributed by atoms with Crippen molar-refractivity contribution in [2.24, 2.45) is 0 Å². The molecule has 4 rings (SSSR count). The van der Waals surface area contributed by atoms with Crippen LogP contribution in [0.3, 0.4) is 0 Å². The van der Waals surface area contributed by atoms with E-state index in [1.54, 1.807) is 10.7 Å². The quantitative estimate of drug-likeness (QED) is 0.697. The van der Waals surface area contributed by atoms with Crippen molar-refractivity contribution < 1.29 is 4.79 Å². The zero-order valence-electron chi connectivity index (χ0n) is 15.5. The fourth-order valence-corrected chi connectivity index (χ4v) is 3.76. The van der Waals surface area contributed by atoms with Crippen molar-refractivity contribution in [1.29, 1.82) is 0 Å². The van der Waals surface area contributed by atoms with Crippen LogP contribution in [0.15, 0.2) is 36.5 Å². The highest BCUT2D eigenvalue weighted by Gasteiger charge is 2.25. The number of aryl methyl sites for hydroxylation is 2. The molecule has 6 nitrogen and oxygen atoms in total. The SMILES string of the molecule is Cc1cc(C)n2ncc(C(=O)N3CCN(Cc4ccccc4Cl)CC3)c2n1. The fraction of sp³-hybridized carbons (Fsp3) is 0.350. The first-order chi connectivity index (χ1) is 13.0. The number of aromatic nitrogens is 3. The standard InChI is InChI=1S/C20H22ClN5O/c1-14-11-15(2)26-19(23-14)17(12-22-26)20(27)25-9-7-24(8-10-25)13-16-5-3-4-6-18(16)21/h3-6,11-12H,7-10,13H2,1-2H3. The van der Waals surface area contributed by atoms with Gasteiger partial charge in [0, 0.05) is 49.1 Å². The number of hydrogen-bond donors (Lipinski definition) is 0. The van der Waals surface area contributed by atoms with Crippen LogP contribution in [0.2, 0.25) is 5.02 Å². The van der Waals surface area contributed by atoms with E-state index in [-0.39, 0.29) is 5.91 Å². The smallest absolute Gasteiger partial charge is 0.259 e. The molecule has 1 aliphatic rings. The minimum Gasteiger partial charge on any atom is -0.336 e. The molecule has 1 fully saturated rings. The second-order valence-electron chi connectivity index (χ2n) is 6.99. The Labute approximate surface area is 163 Å². The predicted molar refractivity (Wildman–Crippen MR) is 105 cm³/mol. The summed E-state index contributed by atoms with van der Waals surface area (Å²) in [6.07, 6.45) is 1.63. The summed E-state index contributed by atoms with van der Waals surface area (Å²) in [4.78, 5) is 21.7. The van der Waals surface area contributed by atoms with E-state index in [4.69, 9.17) is 11.6 Å². The summed E-state index contributed by atoms with van der Waals surface area (Å²) in [7, 11) is 0. The summed E-state index contributed by atoms with van der Waals surface area (Å²) in [6, 6.07) is 9.87. The minimum atomic E-state index is -0.0000986. The van der Waals surface area contributed by atoms with Crippen LogP contribution in [-0.4, -0.2) is 56.5 Å². The molecule has 1 amide bonds. The molecule has 1 saturated heterocycles. The van der Waals surface area contributed by atoms with Crippen LogP contribution in [0.5, 0.6) is 0 Å². The van der Waals surface area contributed by atoms with Crippen LogP contribution >= 0.6 is 11.6 Å². The van der Waals surface area contributed by atoms with Gasteiger partial charge in [0.15, 0.2) is 5.65 Å². The lowest BCUT2D eigenvalue weighted by Gasteiger charge is -2.34. The van der Waals surface area contributed by atoms with E-state index in [1.807, 2.05) is 43.0 Å². The predicted octanol–water partition coefficient (Wildman–Crippen LogP) is 2.96. The van der Waals surface area contributed by atoms with Crippen molar-refractivity contribution in [2.45, 2.75) is 20.4 Å². The van der Waals surface area contributed by atoms with Crippen molar-refractivity contribution in [2.75, 3.05) is 26.2 Å². The number of fused-ring (bicyclic) bond motifs is 1. The van der Waals surface area contributed by atoms with Crippen LogP contribution in [-0.2, 0) is 6.54 Å². The number of carbonyl (C=O) groups excluding carboxylic acids is 1. The lowest BCUT2D eigenvalue weighted by Crippen LogP contribution is -2.48. The largest absolute Gasteiger partial charge is 0.336 e. The van der Waals surface area contributed by atoms with Crippen molar-refractivity contribution in [3.63, 3.8) is 0 Å². The number of rotatable bonds is 3. The normalized spacial score (nSPS) is 15.4. The maximum Gasteiger partial charge on any atom is 0.259 e. The Morgan fingerprint density at radius 3 is 2.63 bits per heavy atom. The summed E-state index contributed by atoms with van der Waals surface area (Å²) in [5, 5.41) is 5.13. The highest BCUT2D eigenvalue weighted by molar-refractivity contribution is 6.31. The topological polar surface area (TPSA) is 53.7 Å². The number of piperazine rings is 1. The van der Waals surface area contributed by atoms with Gasteiger partial charge in [0.05, 0.1) is 6.20 Å². The van der Waals surface area contributed by atoms with Crippen molar-refractivity contribution in [3.05, 3.63) is 64.1 Å². The third-order valence-electron chi connectivity index (χ3n) is 5.02. The zero-order chi connectivity index (χ0) is 19.0. The Balaban J connectivity index is 1.46. The molecule has 3 aromatic rings. The van der Waals surface area contributed by atoms with Crippen molar-refractivity contribution >= 4 is 23.2 Å². The van der Waals surface area contributed by atoms with E-state index < -0.39 is 0 Å². The summed E-state index contributed by atoms with van der Waals surface area (Å²) in [5.74, 6) is -0.0000986. The molecule has 0 radical (unpaired) electrons. The molecule has 0 N–H and O–H groups in total.